The van der Waals surface area contributed by atoms with Crippen LogP contribution < -0.4 is 15.5 Å². The number of fused-ring (bicyclic) bond motifs is 3. The van der Waals surface area contributed by atoms with E-state index in [1.54, 1.807) is 18.5 Å². The lowest BCUT2D eigenvalue weighted by Gasteiger charge is -2.36. The Labute approximate surface area is 161 Å². The molecule has 140 valence electrons. The minimum absolute atomic E-state index is 0.407. The number of carbonyl (C=O) groups excluding carboxylic acids is 1. The van der Waals surface area contributed by atoms with E-state index in [0.717, 1.165) is 59.8 Å². The van der Waals surface area contributed by atoms with Gasteiger partial charge in [-0.3, -0.25) is 4.79 Å². The molecular formula is C21H19N5O2. The van der Waals surface area contributed by atoms with Gasteiger partial charge in [0.25, 0.3) is 0 Å². The number of nitrogens with zero attached hydrogens (tertiary/aromatic N) is 4. The molecular weight excluding hydrogens is 354 g/mol. The first-order valence-electron chi connectivity index (χ1n) is 9.23. The van der Waals surface area contributed by atoms with Crippen LogP contribution in [0.1, 0.15) is 10.4 Å². The summed E-state index contributed by atoms with van der Waals surface area (Å²) in [5.41, 5.74) is 9.34. The van der Waals surface area contributed by atoms with Crippen LogP contribution >= 0.6 is 0 Å². The number of piperazine rings is 1. The van der Waals surface area contributed by atoms with Crippen molar-refractivity contribution in [3.05, 3.63) is 60.4 Å². The first kappa shape index (κ1) is 16.6. The molecule has 4 aromatic rings. The number of hydrogen-bond donors (Lipinski definition) is 1. The van der Waals surface area contributed by atoms with Gasteiger partial charge in [0.05, 0.1) is 0 Å². The largest absolute Gasteiger partial charge is 0.450 e. The Balaban J connectivity index is 1.39. The smallest absolute Gasteiger partial charge is 0.248 e. The average molecular weight is 373 g/mol. The molecule has 0 radical (unpaired) electrons. The molecule has 28 heavy (non-hydrogen) atoms. The lowest BCUT2D eigenvalue weighted by molar-refractivity contribution is 0.100. The van der Waals surface area contributed by atoms with Crippen molar-refractivity contribution in [3.63, 3.8) is 0 Å². The molecule has 2 aromatic heterocycles. The SMILES string of the molecule is NC(=O)c1ccc(N2CCN(c3ncnc4c3oc3ccccc34)CC2)cc1. The standard InChI is InChI=1S/C21H19N5O2/c22-20(27)14-5-7-15(8-6-14)25-9-11-26(12-10-25)21-19-18(23-13-24-21)16-3-1-2-4-17(16)28-19/h1-8,13H,9-12H2,(H2,22,27). The molecule has 0 bridgehead atoms. The average Bonchev–Trinajstić information content (AvgIpc) is 3.13. The van der Waals surface area contributed by atoms with Crippen LogP contribution in [0.15, 0.2) is 59.3 Å². The fraction of sp³-hybridized carbons (Fsp3) is 0.190. The number of hydrogen-bond acceptors (Lipinski definition) is 6. The summed E-state index contributed by atoms with van der Waals surface area (Å²) in [6.07, 6.45) is 1.61. The summed E-state index contributed by atoms with van der Waals surface area (Å²) in [5, 5.41) is 1.01. The van der Waals surface area contributed by atoms with Crippen LogP contribution in [0.5, 0.6) is 0 Å². The van der Waals surface area contributed by atoms with E-state index in [4.69, 9.17) is 10.2 Å². The topological polar surface area (TPSA) is 88.5 Å². The molecule has 0 aliphatic carbocycles. The summed E-state index contributed by atoms with van der Waals surface area (Å²) in [5.74, 6) is 0.430. The van der Waals surface area contributed by atoms with Gasteiger partial charge in [-0.2, -0.15) is 0 Å². The fourth-order valence-corrected chi connectivity index (χ4v) is 3.75. The van der Waals surface area contributed by atoms with Gasteiger partial charge in [-0.05, 0) is 36.4 Å². The van der Waals surface area contributed by atoms with Crippen LogP contribution in [0.2, 0.25) is 0 Å². The molecule has 1 amide bonds. The lowest BCUT2D eigenvalue weighted by Crippen LogP contribution is -2.46. The Morgan fingerprint density at radius 2 is 1.64 bits per heavy atom. The Hall–Kier alpha value is -3.61. The van der Waals surface area contributed by atoms with E-state index in [2.05, 4.69) is 19.8 Å². The van der Waals surface area contributed by atoms with Crippen LogP contribution in [0, 0.1) is 0 Å². The molecule has 7 heteroatoms. The highest BCUT2D eigenvalue weighted by atomic mass is 16.3. The zero-order valence-corrected chi connectivity index (χ0v) is 15.2. The molecule has 0 saturated carbocycles. The second kappa shape index (κ2) is 6.53. The molecule has 0 unspecified atom stereocenters. The van der Waals surface area contributed by atoms with Crippen molar-refractivity contribution in [1.82, 2.24) is 9.97 Å². The molecule has 0 atom stereocenters. The summed E-state index contributed by atoms with van der Waals surface area (Å²) in [6, 6.07) is 15.3. The van der Waals surface area contributed by atoms with E-state index in [0.29, 0.717) is 5.56 Å². The third-order valence-corrected chi connectivity index (χ3v) is 5.24. The zero-order valence-electron chi connectivity index (χ0n) is 15.2. The minimum atomic E-state index is -0.407. The molecule has 3 heterocycles. The first-order chi connectivity index (χ1) is 13.7. The van der Waals surface area contributed by atoms with E-state index in [1.165, 1.54) is 0 Å². The molecule has 1 fully saturated rings. The Morgan fingerprint density at radius 3 is 2.39 bits per heavy atom. The lowest BCUT2D eigenvalue weighted by atomic mass is 10.1. The van der Waals surface area contributed by atoms with Gasteiger partial charge in [-0.1, -0.05) is 12.1 Å². The summed E-state index contributed by atoms with van der Waals surface area (Å²) < 4.78 is 6.06. The molecule has 1 aliphatic rings. The monoisotopic (exact) mass is 373 g/mol. The molecule has 1 saturated heterocycles. The molecule has 2 aromatic carbocycles. The van der Waals surface area contributed by atoms with Crippen molar-refractivity contribution in [3.8, 4) is 0 Å². The summed E-state index contributed by atoms with van der Waals surface area (Å²) in [6.45, 7) is 3.34. The van der Waals surface area contributed by atoms with Gasteiger partial charge in [-0.15, -0.1) is 0 Å². The minimum Gasteiger partial charge on any atom is -0.450 e. The van der Waals surface area contributed by atoms with Crippen LogP contribution in [-0.4, -0.2) is 42.1 Å². The maximum absolute atomic E-state index is 11.2. The predicted octanol–water partition coefficient (Wildman–Crippen LogP) is 2.80. The van der Waals surface area contributed by atoms with Crippen molar-refractivity contribution in [2.75, 3.05) is 36.0 Å². The van der Waals surface area contributed by atoms with E-state index >= 15 is 0 Å². The summed E-state index contributed by atoms with van der Waals surface area (Å²) in [7, 11) is 0. The van der Waals surface area contributed by atoms with Crippen molar-refractivity contribution in [1.29, 1.82) is 0 Å². The third-order valence-electron chi connectivity index (χ3n) is 5.24. The van der Waals surface area contributed by atoms with Crippen LogP contribution in [0.25, 0.3) is 22.1 Å². The second-order valence-electron chi connectivity index (χ2n) is 6.86. The summed E-state index contributed by atoms with van der Waals surface area (Å²) in [4.78, 5) is 24.7. The number of nitrogens with two attached hydrogens (primary N) is 1. The number of aromatic nitrogens is 2. The van der Waals surface area contributed by atoms with E-state index < -0.39 is 5.91 Å². The Bertz CT molecular complexity index is 1160. The van der Waals surface area contributed by atoms with Crippen molar-refractivity contribution < 1.29 is 9.21 Å². The number of anilines is 2. The van der Waals surface area contributed by atoms with Crippen molar-refractivity contribution >= 4 is 39.5 Å². The summed E-state index contributed by atoms with van der Waals surface area (Å²) >= 11 is 0. The Kier molecular flexibility index (Phi) is 3.86. The molecule has 7 nitrogen and oxygen atoms in total. The normalized spacial score (nSPS) is 14.7. The number of rotatable bonds is 3. The quantitative estimate of drug-likeness (QED) is 0.594. The first-order valence-corrected chi connectivity index (χ1v) is 9.23. The number of primary amides is 1. The number of carbonyl (C=O) groups is 1. The van der Waals surface area contributed by atoms with Gasteiger partial charge in [0.15, 0.2) is 11.4 Å². The van der Waals surface area contributed by atoms with Gasteiger partial charge in [-0.25, -0.2) is 9.97 Å². The molecule has 0 spiro atoms. The third kappa shape index (κ3) is 2.72. The van der Waals surface area contributed by atoms with Gasteiger partial charge in [0, 0.05) is 42.8 Å². The van der Waals surface area contributed by atoms with Gasteiger partial charge in [0.1, 0.15) is 17.4 Å². The van der Waals surface area contributed by atoms with Crippen LogP contribution in [-0.2, 0) is 0 Å². The fourth-order valence-electron chi connectivity index (χ4n) is 3.75. The Morgan fingerprint density at radius 1 is 0.929 bits per heavy atom. The predicted molar refractivity (Wildman–Crippen MR) is 109 cm³/mol. The number of benzene rings is 2. The molecule has 5 rings (SSSR count). The number of para-hydroxylation sites is 1. The maximum Gasteiger partial charge on any atom is 0.248 e. The zero-order chi connectivity index (χ0) is 19.1. The van der Waals surface area contributed by atoms with E-state index in [-0.39, 0.29) is 0 Å². The van der Waals surface area contributed by atoms with Crippen LogP contribution in [0.3, 0.4) is 0 Å². The maximum atomic E-state index is 11.2. The van der Waals surface area contributed by atoms with Gasteiger partial charge in [0.2, 0.25) is 5.91 Å². The molecule has 2 N–H and O–H groups in total. The highest BCUT2D eigenvalue weighted by Crippen LogP contribution is 2.32. The van der Waals surface area contributed by atoms with Gasteiger partial charge < -0.3 is 20.0 Å². The van der Waals surface area contributed by atoms with E-state index in [9.17, 15) is 4.79 Å². The second-order valence-corrected chi connectivity index (χ2v) is 6.86. The highest BCUT2D eigenvalue weighted by Gasteiger charge is 2.22. The van der Waals surface area contributed by atoms with Gasteiger partial charge >= 0.3 is 0 Å². The van der Waals surface area contributed by atoms with Crippen molar-refractivity contribution in [2.24, 2.45) is 5.73 Å². The molecule has 1 aliphatic heterocycles. The van der Waals surface area contributed by atoms with Crippen LogP contribution in [0.4, 0.5) is 11.5 Å². The van der Waals surface area contributed by atoms with Crippen molar-refractivity contribution in [2.45, 2.75) is 0 Å². The highest BCUT2D eigenvalue weighted by molar-refractivity contribution is 6.05. The number of amides is 1. The van der Waals surface area contributed by atoms with E-state index in [1.807, 2.05) is 36.4 Å². The number of furan rings is 1.